The second-order valence-electron chi connectivity index (χ2n) is 39.3. The fourth-order valence-electron chi connectivity index (χ4n) is 12.2. The van der Waals surface area contributed by atoms with Crippen molar-refractivity contribution in [3.05, 3.63) is 99.9 Å². The Balaban J connectivity index is 0.000000602. The number of carbonyl (C=O) groups excluding carboxylic acids is 8. The van der Waals surface area contributed by atoms with E-state index in [0.29, 0.717) is 87.1 Å². The molecular weight excluding hydrogens is 1310 g/mol. The van der Waals surface area contributed by atoms with Gasteiger partial charge in [0.1, 0.15) is 40.4 Å². The van der Waals surface area contributed by atoms with E-state index in [0.717, 1.165) is 51.4 Å². The Morgan fingerprint density at radius 2 is 0.567 bits per heavy atom. The fourth-order valence-corrected chi connectivity index (χ4v) is 12.2. The molecule has 8 rings (SSSR count). The van der Waals surface area contributed by atoms with Crippen LogP contribution in [-0.4, -0.2) is 58.7 Å². The first-order valence-corrected chi connectivity index (χ1v) is 39.2. The Labute approximate surface area is 630 Å². The molecule has 5 aliphatic carbocycles. The molecule has 590 valence electrons. The maximum atomic E-state index is 14.1. The van der Waals surface area contributed by atoms with Gasteiger partial charge in [-0.05, 0) is 167 Å². The van der Waals surface area contributed by atoms with Crippen LogP contribution in [0.3, 0.4) is 0 Å². The van der Waals surface area contributed by atoms with Gasteiger partial charge in [-0.25, -0.2) is 13.2 Å². The van der Waals surface area contributed by atoms with Crippen molar-refractivity contribution in [2.75, 3.05) is 6.61 Å². The Morgan fingerprint density at radius 1 is 0.317 bits per heavy atom. The summed E-state index contributed by atoms with van der Waals surface area (Å²) in [5.41, 5.74) is -0.213. The minimum absolute atomic E-state index is 0.0311. The molecule has 3 aromatic rings. The van der Waals surface area contributed by atoms with Gasteiger partial charge in [-0.15, -0.1) is 0 Å². The molecule has 104 heavy (non-hydrogen) atoms. The van der Waals surface area contributed by atoms with Crippen LogP contribution in [-0.2, 0) is 28.7 Å². The maximum absolute atomic E-state index is 14.1. The number of benzene rings is 3. The minimum atomic E-state index is -0.503. The molecule has 5 fully saturated rings. The molecule has 0 aliphatic heterocycles. The zero-order valence-corrected chi connectivity index (χ0v) is 70.9. The molecule has 0 heterocycles. The van der Waals surface area contributed by atoms with Gasteiger partial charge < -0.3 is 9.47 Å². The van der Waals surface area contributed by atoms with E-state index in [-0.39, 0.29) is 68.0 Å². The number of hydrogen-bond donors (Lipinski definition) is 0. The van der Waals surface area contributed by atoms with Gasteiger partial charge in [0.05, 0.1) is 12.0 Å². The van der Waals surface area contributed by atoms with Crippen LogP contribution in [0.5, 0.6) is 5.75 Å². The zero-order valence-electron chi connectivity index (χ0n) is 70.9. The molecule has 0 unspecified atom stereocenters. The summed E-state index contributed by atoms with van der Waals surface area (Å²) in [6.45, 7) is 55.8. The maximum Gasteiger partial charge on any atom is 0.311 e. The lowest BCUT2D eigenvalue weighted by Crippen LogP contribution is -2.31. The summed E-state index contributed by atoms with van der Waals surface area (Å²) in [5.74, 6) is 2.86. The number of Topliss-reactive ketones (excluding diaryl/α,β-unsaturated/α-hetero) is 7. The summed E-state index contributed by atoms with van der Waals surface area (Å²) in [5, 5.41) is 0. The van der Waals surface area contributed by atoms with E-state index in [9.17, 15) is 51.5 Å². The average Bonchev–Trinajstić information content (AvgIpc) is 1.23. The van der Waals surface area contributed by atoms with Gasteiger partial charge in [0.25, 0.3) is 0 Å². The first-order valence-electron chi connectivity index (χ1n) is 39.2. The number of esters is 1. The minimum Gasteiger partial charge on any atom is -0.490 e. The van der Waals surface area contributed by atoms with Crippen LogP contribution in [0.2, 0.25) is 0 Å². The highest BCUT2D eigenvalue weighted by molar-refractivity contribution is 6.01. The van der Waals surface area contributed by atoms with Crippen molar-refractivity contribution in [2.45, 2.75) is 341 Å². The predicted octanol–water partition coefficient (Wildman–Crippen LogP) is 25.3. The van der Waals surface area contributed by atoms with Crippen LogP contribution in [0, 0.1) is 104 Å². The molecule has 5 saturated carbocycles. The SMILES string of the molecule is CC(C)(C)C(=O)C1CC1.CC(C)(C)C(=O)C1CCCC1.CC(C)(C)C(=O)C1CCCCC1.CC(C)(C)C(=O)C1CCCCC1.CC(C)(C)C(=O)c1ccc(OCC2CCCCC2)c(F)c1.CC(C)(C)OC(=O)C(C)(C)C.Cc1ccc(C(=O)C(C)(C)C)cc1F.Cc1ccc(C(=O)C(C)(C)C)cc1F. The summed E-state index contributed by atoms with van der Waals surface area (Å²) in [7, 11) is 0. The van der Waals surface area contributed by atoms with Crippen molar-refractivity contribution in [3.63, 3.8) is 0 Å². The van der Waals surface area contributed by atoms with Gasteiger partial charge in [0.15, 0.2) is 28.9 Å². The molecule has 3 aromatic carbocycles. The Kier molecular flexibility index (Phi) is 38.6. The average molecular weight is 1460 g/mol. The molecular formula is C91H145F3O10. The third kappa shape index (κ3) is 37.3. The summed E-state index contributed by atoms with van der Waals surface area (Å²) >= 11 is 0. The van der Waals surface area contributed by atoms with Crippen molar-refractivity contribution in [2.24, 2.45) is 72.9 Å². The second-order valence-corrected chi connectivity index (χ2v) is 39.3. The van der Waals surface area contributed by atoms with Gasteiger partial charge in [-0.2, -0.15) is 0 Å². The van der Waals surface area contributed by atoms with Crippen LogP contribution in [0.1, 0.15) is 364 Å². The summed E-state index contributed by atoms with van der Waals surface area (Å²) < 4.78 is 51.2. The Hall–Kier alpha value is -5.59. The molecule has 0 aromatic heterocycles. The number of ketones is 7. The molecule has 0 bridgehead atoms. The van der Waals surface area contributed by atoms with Crippen LogP contribution in [0.4, 0.5) is 13.2 Å². The van der Waals surface area contributed by atoms with Crippen LogP contribution in [0.15, 0.2) is 54.6 Å². The number of carbonyl (C=O) groups is 8. The number of hydrogen-bond acceptors (Lipinski definition) is 10. The second kappa shape index (κ2) is 41.7. The highest BCUT2D eigenvalue weighted by Crippen LogP contribution is 2.38. The van der Waals surface area contributed by atoms with Gasteiger partial charge in [-0.3, -0.25) is 38.4 Å². The third-order valence-electron chi connectivity index (χ3n) is 18.9. The zero-order chi connectivity index (χ0) is 80.5. The summed E-state index contributed by atoms with van der Waals surface area (Å²) in [6.07, 6.45) is 25.4. The standard InChI is InChI=1S/C18H25FO2.2C12H15FO.2C11H20O.C10H18O.C9H18O2.C8H14O/c1-18(2,3)17(20)14-9-10-16(15(19)11-14)21-12-13-7-5-4-6-8-13;2*1-8-5-6-9(7-10(8)13)11(14)12(2,3)4;2*1-11(2,3)10(12)9-7-5-4-6-8-9;1-10(2,3)9(11)8-6-4-5-7-8;1-8(2,3)7(10)11-9(4,5)6;1-8(2,3)7(9)6-4-5-6/h9-11,13H,4-8,12H2,1-3H3;2*5-7H,1-4H3;2*9H,4-8H2,1-3H3;8H,4-7H2,1-3H3;1-6H3;6H,4-5H2,1-3H3. The summed E-state index contributed by atoms with van der Waals surface area (Å²) in [6, 6.07) is 13.8. The molecule has 0 atom stereocenters. The topological polar surface area (TPSA) is 155 Å². The van der Waals surface area contributed by atoms with Crippen molar-refractivity contribution in [1.82, 2.24) is 0 Å². The van der Waals surface area contributed by atoms with Gasteiger partial charge in [-0.1, -0.05) is 240 Å². The first-order chi connectivity index (χ1) is 47.2. The van der Waals surface area contributed by atoms with E-state index in [4.69, 9.17) is 9.47 Å². The highest BCUT2D eigenvalue weighted by atomic mass is 19.1. The third-order valence-corrected chi connectivity index (χ3v) is 18.9. The van der Waals surface area contributed by atoms with Gasteiger partial charge in [0, 0.05) is 78.3 Å². The van der Waals surface area contributed by atoms with E-state index in [1.54, 1.807) is 50.2 Å². The largest absolute Gasteiger partial charge is 0.490 e. The molecule has 5 aliphatic rings. The molecule has 13 heteroatoms. The normalized spacial score (nSPS) is 16.6. The lowest BCUT2D eigenvalue weighted by atomic mass is 9.76. The first kappa shape index (κ1) is 96.4. The van der Waals surface area contributed by atoms with Crippen LogP contribution >= 0.6 is 0 Å². The molecule has 0 radical (unpaired) electrons. The monoisotopic (exact) mass is 1460 g/mol. The quantitative estimate of drug-likeness (QED) is 0.141. The van der Waals surface area contributed by atoms with Gasteiger partial charge in [0.2, 0.25) is 0 Å². The van der Waals surface area contributed by atoms with E-state index >= 15 is 0 Å². The van der Waals surface area contributed by atoms with Gasteiger partial charge >= 0.3 is 5.97 Å². The molecule has 0 saturated heterocycles. The highest BCUT2D eigenvalue weighted by Gasteiger charge is 2.37. The molecule has 10 nitrogen and oxygen atoms in total. The fraction of sp³-hybridized carbons (Fsp3) is 0.714. The predicted molar refractivity (Wildman–Crippen MR) is 423 cm³/mol. The number of aryl methyl sites for hydroxylation is 2. The van der Waals surface area contributed by atoms with Crippen LogP contribution < -0.4 is 4.74 Å². The smallest absolute Gasteiger partial charge is 0.311 e. The number of ether oxygens (including phenoxy) is 2. The lowest BCUT2D eigenvalue weighted by Gasteiger charge is -2.27. The number of rotatable bonds is 10. The molecule has 0 spiro atoms. The van der Waals surface area contributed by atoms with E-state index in [1.165, 1.54) is 102 Å². The van der Waals surface area contributed by atoms with Crippen molar-refractivity contribution >= 4 is 46.5 Å². The Morgan fingerprint density at radius 3 is 0.779 bits per heavy atom. The summed E-state index contributed by atoms with van der Waals surface area (Å²) in [4.78, 5) is 93.4. The van der Waals surface area contributed by atoms with Crippen molar-refractivity contribution in [1.29, 1.82) is 0 Å². The van der Waals surface area contributed by atoms with E-state index in [2.05, 4.69) is 0 Å². The molecule has 0 amide bonds. The van der Waals surface area contributed by atoms with E-state index < -0.39 is 27.5 Å². The van der Waals surface area contributed by atoms with Crippen molar-refractivity contribution < 1.29 is 61.0 Å². The molecule has 0 N–H and O–H groups in total. The number of halogens is 3. The lowest BCUT2D eigenvalue weighted by molar-refractivity contribution is -0.164. The van der Waals surface area contributed by atoms with Crippen molar-refractivity contribution in [3.8, 4) is 5.75 Å². The Bertz CT molecular complexity index is 3090. The van der Waals surface area contributed by atoms with E-state index in [1.807, 2.05) is 187 Å². The van der Waals surface area contributed by atoms with Crippen LogP contribution in [0.25, 0.3) is 0 Å².